The Labute approximate surface area is 144 Å². The highest BCUT2D eigenvalue weighted by Gasteiger charge is 2.14. The third kappa shape index (κ3) is 5.08. The molecule has 2 rings (SSSR count). The van der Waals surface area contributed by atoms with Gasteiger partial charge >= 0.3 is 0 Å². The zero-order valence-corrected chi connectivity index (χ0v) is 14.6. The fourth-order valence-electron chi connectivity index (χ4n) is 2.04. The smallest absolute Gasteiger partial charge is 0.260 e. The molecule has 1 heterocycles. The first kappa shape index (κ1) is 17.5. The van der Waals surface area contributed by atoms with Crippen LogP contribution in [0.5, 0.6) is 5.75 Å². The van der Waals surface area contributed by atoms with E-state index < -0.39 is 0 Å². The molecular weight excluding hydrogens is 334 g/mol. The lowest BCUT2D eigenvalue weighted by Crippen LogP contribution is -2.34. The average Bonchev–Trinajstić information content (AvgIpc) is 2.95. The van der Waals surface area contributed by atoms with Crippen molar-refractivity contribution in [2.24, 2.45) is 0 Å². The molecule has 0 saturated carbocycles. The maximum Gasteiger partial charge on any atom is 0.260 e. The number of nitrogens with zero attached hydrogens (tertiary/aromatic N) is 1. The number of likely N-dealkylation sites (N-methyl/N-ethyl adjacent to an activating group) is 1. The van der Waals surface area contributed by atoms with Crippen molar-refractivity contribution < 1.29 is 14.3 Å². The summed E-state index contributed by atoms with van der Waals surface area (Å²) in [7, 11) is 0. The van der Waals surface area contributed by atoms with E-state index in [-0.39, 0.29) is 18.3 Å². The zero-order chi connectivity index (χ0) is 16.8. The first-order chi connectivity index (χ1) is 11.0. The van der Waals surface area contributed by atoms with E-state index in [9.17, 15) is 9.59 Å². The molecule has 2 aromatic rings. The largest absolute Gasteiger partial charge is 0.484 e. The van der Waals surface area contributed by atoms with Crippen molar-refractivity contribution in [2.45, 2.75) is 20.4 Å². The van der Waals surface area contributed by atoms with Crippen molar-refractivity contribution in [3.63, 3.8) is 0 Å². The van der Waals surface area contributed by atoms with Gasteiger partial charge in [-0.1, -0.05) is 23.7 Å². The summed E-state index contributed by atoms with van der Waals surface area (Å²) in [5.74, 6) is 0.373. The third-order valence-electron chi connectivity index (χ3n) is 3.31. The van der Waals surface area contributed by atoms with Crippen LogP contribution >= 0.6 is 22.9 Å². The molecule has 1 amide bonds. The molecule has 0 bridgehead atoms. The van der Waals surface area contributed by atoms with Crippen molar-refractivity contribution in [1.29, 1.82) is 0 Å². The number of thiophene rings is 1. The summed E-state index contributed by atoms with van der Waals surface area (Å²) in [4.78, 5) is 26.4. The number of amides is 1. The highest BCUT2D eigenvalue weighted by Crippen LogP contribution is 2.22. The molecule has 4 nitrogen and oxygen atoms in total. The lowest BCUT2D eigenvalue weighted by atomic mass is 10.1. The molecule has 0 saturated heterocycles. The third-order valence-corrected chi connectivity index (χ3v) is 4.53. The first-order valence-corrected chi connectivity index (χ1v) is 8.45. The van der Waals surface area contributed by atoms with Gasteiger partial charge in [0, 0.05) is 17.0 Å². The Balaban J connectivity index is 1.94. The second-order valence-corrected chi connectivity index (χ2v) is 6.79. The van der Waals surface area contributed by atoms with Crippen LogP contribution in [0.15, 0.2) is 36.4 Å². The maximum absolute atomic E-state index is 12.3. The van der Waals surface area contributed by atoms with Gasteiger partial charge < -0.3 is 9.64 Å². The van der Waals surface area contributed by atoms with Gasteiger partial charge in [0.15, 0.2) is 12.4 Å². The Morgan fingerprint density at radius 2 is 2.04 bits per heavy atom. The number of hydrogen-bond acceptors (Lipinski definition) is 4. The van der Waals surface area contributed by atoms with Crippen LogP contribution in [0.3, 0.4) is 0 Å². The number of Topliss-reactive ketones (excluding diaryl/α,β-unsaturated/α-hetero) is 1. The molecular formula is C17H18ClNO3S. The standard InChI is InChI=1S/C17H18ClNO3S/c1-3-19(10-15-7-8-16(18)23-15)17(21)11-22-14-6-4-5-13(9-14)12(2)20/h4-9H,3,10-11H2,1-2H3. The molecule has 0 aliphatic rings. The molecule has 1 aromatic carbocycles. The van der Waals surface area contributed by atoms with E-state index in [2.05, 4.69) is 0 Å². The summed E-state index contributed by atoms with van der Waals surface area (Å²) in [6, 6.07) is 10.6. The number of carbonyl (C=O) groups is 2. The van der Waals surface area contributed by atoms with Gasteiger partial charge in [-0.05, 0) is 38.1 Å². The average molecular weight is 352 g/mol. The Kier molecular flexibility index (Phi) is 6.19. The van der Waals surface area contributed by atoms with Crippen LogP contribution in [0, 0.1) is 0 Å². The van der Waals surface area contributed by atoms with Gasteiger partial charge in [-0.2, -0.15) is 0 Å². The lowest BCUT2D eigenvalue weighted by molar-refractivity contribution is -0.133. The van der Waals surface area contributed by atoms with E-state index >= 15 is 0 Å². The van der Waals surface area contributed by atoms with Crippen molar-refractivity contribution in [3.05, 3.63) is 51.2 Å². The van der Waals surface area contributed by atoms with Gasteiger partial charge in [0.05, 0.1) is 10.9 Å². The molecule has 1 aromatic heterocycles. The van der Waals surface area contributed by atoms with Gasteiger partial charge in [0.2, 0.25) is 0 Å². The summed E-state index contributed by atoms with van der Waals surface area (Å²) in [6.07, 6.45) is 0. The van der Waals surface area contributed by atoms with Crippen molar-refractivity contribution >= 4 is 34.6 Å². The topological polar surface area (TPSA) is 46.6 Å². The summed E-state index contributed by atoms with van der Waals surface area (Å²) < 4.78 is 6.23. The Hall–Kier alpha value is -1.85. The highest BCUT2D eigenvalue weighted by atomic mass is 35.5. The number of rotatable bonds is 7. The van der Waals surface area contributed by atoms with Crippen molar-refractivity contribution in [2.75, 3.05) is 13.2 Å². The van der Waals surface area contributed by atoms with E-state index in [1.165, 1.54) is 18.3 Å². The molecule has 122 valence electrons. The minimum absolute atomic E-state index is 0.0356. The molecule has 0 aliphatic heterocycles. The van der Waals surface area contributed by atoms with Crippen molar-refractivity contribution in [1.82, 2.24) is 4.90 Å². The number of benzene rings is 1. The van der Waals surface area contributed by atoms with Gasteiger partial charge in [-0.15, -0.1) is 11.3 Å². The number of hydrogen-bond donors (Lipinski definition) is 0. The summed E-state index contributed by atoms with van der Waals surface area (Å²) >= 11 is 7.37. The van der Waals surface area contributed by atoms with E-state index in [0.29, 0.717) is 28.7 Å². The molecule has 0 fully saturated rings. The van der Waals surface area contributed by atoms with Gasteiger partial charge in [-0.3, -0.25) is 9.59 Å². The number of carbonyl (C=O) groups excluding carboxylic acids is 2. The maximum atomic E-state index is 12.3. The number of ether oxygens (including phenoxy) is 1. The zero-order valence-electron chi connectivity index (χ0n) is 13.0. The number of ketones is 1. The van der Waals surface area contributed by atoms with Crippen LogP contribution in [-0.4, -0.2) is 29.7 Å². The Bertz CT molecular complexity index is 699. The molecule has 0 aliphatic carbocycles. The minimum atomic E-state index is -0.106. The van der Waals surface area contributed by atoms with Crippen LogP contribution in [0.25, 0.3) is 0 Å². The molecule has 0 unspecified atom stereocenters. The highest BCUT2D eigenvalue weighted by molar-refractivity contribution is 7.16. The second kappa shape index (κ2) is 8.13. The van der Waals surface area contributed by atoms with Crippen LogP contribution in [0.1, 0.15) is 29.1 Å². The Morgan fingerprint density at radius 3 is 2.65 bits per heavy atom. The Morgan fingerprint density at radius 1 is 1.26 bits per heavy atom. The quantitative estimate of drug-likeness (QED) is 0.707. The van der Waals surface area contributed by atoms with Crippen LogP contribution in [-0.2, 0) is 11.3 Å². The van der Waals surface area contributed by atoms with E-state index in [0.717, 1.165) is 4.88 Å². The summed E-state index contributed by atoms with van der Waals surface area (Å²) in [6.45, 7) is 4.46. The van der Waals surface area contributed by atoms with Gasteiger partial charge in [0.25, 0.3) is 5.91 Å². The van der Waals surface area contributed by atoms with E-state index in [1.807, 2.05) is 19.1 Å². The predicted octanol–water partition coefficient (Wildman–Crippen LogP) is 4.03. The van der Waals surface area contributed by atoms with Crippen LogP contribution < -0.4 is 4.74 Å². The van der Waals surface area contributed by atoms with Gasteiger partial charge in [0.1, 0.15) is 5.75 Å². The van der Waals surface area contributed by atoms with E-state index in [1.54, 1.807) is 29.2 Å². The first-order valence-electron chi connectivity index (χ1n) is 7.25. The molecule has 0 spiro atoms. The summed E-state index contributed by atoms with van der Waals surface area (Å²) in [5, 5.41) is 0. The SMILES string of the molecule is CCN(Cc1ccc(Cl)s1)C(=O)COc1cccc(C(C)=O)c1. The predicted molar refractivity (Wildman–Crippen MR) is 92.4 cm³/mol. The normalized spacial score (nSPS) is 10.4. The monoisotopic (exact) mass is 351 g/mol. The van der Waals surface area contributed by atoms with Crippen LogP contribution in [0.4, 0.5) is 0 Å². The minimum Gasteiger partial charge on any atom is -0.484 e. The molecule has 0 N–H and O–H groups in total. The second-order valence-electron chi connectivity index (χ2n) is 4.99. The molecule has 6 heteroatoms. The van der Waals surface area contributed by atoms with Crippen LogP contribution in [0.2, 0.25) is 4.34 Å². The summed E-state index contributed by atoms with van der Waals surface area (Å²) in [5.41, 5.74) is 0.565. The fraction of sp³-hybridized carbons (Fsp3) is 0.294. The number of halogens is 1. The lowest BCUT2D eigenvalue weighted by Gasteiger charge is -2.20. The molecule has 23 heavy (non-hydrogen) atoms. The van der Waals surface area contributed by atoms with Crippen molar-refractivity contribution in [3.8, 4) is 5.75 Å². The molecule has 0 radical (unpaired) electrons. The van der Waals surface area contributed by atoms with E-state index in [4.69, 9.17) is 16.3 Å². The fourth-order valence-corrected chi connectivity index (χ4v) is 3.15. The van der Waals surface area contributed by atoms with Gasteiger partial charge in [-0.25, -0.2) is 0 Å². The molecule has 0 atom stereocenters.